The summed E-state index contributed by atoms with van der Waals surface area (Å²) in [6, 6.07) is 8.40. The molecule has 2 fully saturated rings. The van der Waals surface area contributed by atoms with Crippen LogP contribution in [0.4, 0.5) is 5.69 Å². The summed E-state index contributed by atoms with van der Waals surface area (Å²) in [5, 5.41) is 4.09. The highest BCUT2D eigenvalue weighted by atomic mass is 79.9. The minimum absolute atomic E-state index is 0.0636. The first kappa shape index (κ1) is 17.8. The molecule has 24 heavy (non-hydrogen) atoms. The Hall–Kier alpha value is -1.01. The van der Waals surface area contributed by atoms with Gasteiger partial charge in [0.2, 0.25) is 5.91 Å². The average Bonchev–Trinajstić information content (AvgIpc) is 2.91. The normalized spacial score (nSPS) is 23.7. The lowest BCUT2D eigenvalue weighted by Crippen LogP contribution is -2.34. The third kappa shape index (κ3) is 4.76. The van der Waals surface area contributed by atoms with E-state index in [0.29, 0.717) is 12.5 Å². The molecule has 0 bridgehead atoms. The van der Waals surface area contributed by atoms with E-state index in [1.807, 2.05) is 24.3 Å². The number of benzene rings is 1. The van der Waals surface area contributed by atoms with Crippen LogP contribution in [0.25, 0.3) is 0 Å². The Morgan fingerprint density at radius 2 is 2.00 bits per heavy atom. The lowest BCUT2D eigenvalue weighted by Gasteiger charge is -2.23. The second-order valence-corrected chi connectivity index (χ2v) is 8.44. The summed E-state index contributed by atoms with van der Waals surface area (Å²) in [4.78, 5) is 19.4. The van der Waals surface area contributed by atoms with Crippen LogP contribution in [0.3, 0.4) is 0 Å². The molecular formula is C18H24BrN3OS. The summed E-state index contributed by atoms with van der Waals surface area (Å²) < 4.78 is 1.01. The van der Waals surface area contributed by atoms with Crippen molar-refractivity contribution in [2.45, 2.75) is 50.6 Å². The van der Waals surface area contributed by atoms with Crippen molar-refractivity contribution in [3.8, 4) is 0 Å². The predicted octanol–water partition coefficient (Wildman–Crippen LogP) is 4.51. The molecule has 1 atom stereocenters. The van der Waals surface area contributed by atoms with Crippen molar-refractivity contribution in [1.82, 2.24) is 4.90 Å². The molecule has 0 spiro atoms. The second kappa shape index (κ2) is 8.39. The number of nitrogens with zero attached hydrogens (tertiary/aromatic N) is 2. The molecule has 1 unspecified atom stereocenters. The molecule has 1 aliphatic carbocycles. The first-order chi connectivity index (χ1) is 11.6. The van der Waals surface area contributed by atoms with Gasteiger partial charge in [0, 0.05) is 35.4 Å². The number of thioether (sulfide) groups is 1. The fourth-order valence-corrected chi connectivity index (χ4v) is 4.71. The standard InChI is InChI=1S/C18H24BrN3OS/c1-22-16(11-17(23)20-15-9-7-13(19)8-10-15)12-24-18(22)21-14-5-3-2-4-6-14/h7-10,14,16H,2-6,11-12H2,1H3,(H,20,23). The zero-order valence-corrected chi connectivity index (χ0v) is 16.4. The fourth-order valence-electron chi connectivity index (χ4n) is 3.19. The van der Waals surface area contributed by atoms with Gasteiger partial charge < -0.3 is 10.2 Å². The van der Waals surface area contributed by atoms with Crippen LogP contribution in [0.2, 0.25) is 0 Å². The molecule has 4 nitrogen and oxygen atoms in total. The summed E-state index contributed by atoms with van der Waals surface area (Å²) in [5.41, 5.74) is 0.840. The number of halogens is 1. The second-order valence-electron chi connectivity index (χ2n) is 6.54. The molecule has 0 aromatic heterocycles. The van der Waals surface area contributed by atoms with Crippen molar-refractivity contribution in [1.29, 1.82) is 0 Å². The molecule has 1 aliphatic heterocycles. The van der Waals surface area contributed by atoms with E-state index in [2.05, 4.69) is 33.2 Å². The maximum Gasteiger partial charge on any atom is 0.226 e. The van der Waals surface area contributed by atoms with Gasteiger partial charge in [0.05, 0.1) is 6.04 Å². The molecule has 1 aromatic rings. The third-order valence-corrected chi connectivity index (χ3v) is 6.40. The maximum atomic E-state index is 12.3. The van der Waals surface area contributed by atoms with Crippen molar-refractivity contribution in [3.05, 3.63) is 28.7 Å². The van der Waals surface area contributed by atoms with E-state index in [4.69, 9.17) is 4.99 Å². The van der Waals surface area contributed by atoms with Gasteiger partial charge in [-0.3, -0.25) is 9.79 Å². The lowest BCUT2D eigenvalue weighted by molar-refractivity contribution is -0.116. The minimum atomic E-state index is 0.0636. The van der Waals surface area contributed by atoms with Crippen molar-refractivity contribution >= 4 is 44.5 Å². The van der Waals surface area contributed by atoms with Crippen LogP contribution in [-0.2, 0) is 4.79 Å². The summed E-state index contributed by atoms with van der Waals surface area (Å²) in [6.45, 7) is 0. The Bertz CT molecular complexity index is 599. The Morgan fingerprint density at radius 1 is 1.29 bits per heavy atom. The van der Waals surface area contributed by atoms with Gasteiger partial charge in [-0.15, -0.1) is 0 Å². The molecule has 6 heteroatoms. The number of rotatable bonds is 4. The highest BCUT2D eigenvalue weighted by Gasteiger charge is 2.29. The van der Waals surface area contributed by atoms with Gasteiger partial charge >= 0.3 is 0 Å². The van der Waals surface area contributed by atoms with Gasteiger partial charge in [0.1, 0.15) is 0 Å². The number of hydrogen-bond donors (Lipinski definition) is 1. The summed E-state index contributed by atoms with van der Waals surface area (Å²) in [6.07, 6.45) is 6.88. The monoisotopic (exact) mass is 409 g/mol. The highest BCUT2D eigenvalue weighted by Crippen LogP contribution is 2.28. The van der Waals surface area contributed by atoms with Crippen molar-refractivity contribution in [2.75, 3.05) is 18.1 Å². The van der Waals surface area contributed by atoms with Gasteiger partial charge in [-0.25, -0.2) is 0 Å². The van der Waals surface area contributed by atoms with Gasteiger partial charge in [-0.2, -0.15) is 0 Å². The Kier molecular flexibility index (Phi) is 6.22. The SMILES string of the molecule is CN1C(=NC2CCCCC2)SCC1CC(=O)Nc1ccc(Br)cc1. The molecule has 1 N–H and O–H groups in total. The molecule has 2 aliphatic rings. The first-order valence-electron chi connectivity index (χ1n) is 8.60. The average molecular weight is 410 g/mol. The van der Waals surface area contributed by atoms with Crippen LogP contribution in [0.15, 0.2) is 33.7 Å². The van der Waals surface area contributed by atoms with E-state index in [9.17, 15) is 4.79 Å². The van der Waals surface area contributed by atoms with Crippen LogP contribution < -0.4 is 5.32 Å². The van der Waals surface area contributed by atoms with Crippen LogP contribution in [0.1, 0.15) is 38.5 Å². The molecule has 1 amide bonds. The van der Waals surface area contributed by atoms with Crippen LogP contribution in [0.5, 0.6) is 0 Å². The van der Waals surface area contributed by atoms with Gasteiger partial charge in [0.25, 0.3) is 0 Å². The molecule has 1 aromatic carbocycles. The Balaban J connectivity index is 1.53. The number of carbonyl (C=O) groups excluding carboxylic acids is 1. The predicted molar refractivity (Wildman–Crippen MR) is 106 cm³/mol. The lowest BCUT2D eigenvalue weighted by atomic mass is 9.96. The maximum absolute atomic E-state index is 12.3. The van der Waals surface area contributed by atoms with E-state index in [1.54, 1.807) is 11.8 Å². The number of amidine groups is 1. The molecule has 1 saturated heterocycles. The molecule has 1 saturated carbocycles. The van der Waals surface area contributed by atoms with Gasteiger partial charge in [0.15, 0.2) is 5.17 Å². The van der Waals surface area contributed by atoms with Gasteiger partial charge in [-0.05, 0) is 37.1 Å². The zero-order valence-electron chi connectivity index (χ0n) is 14.0. The number of carbonyl (C=O) groups is 1. The van der Waals surface area contributed by atoms with Crippen molar-refractivity contribution in [2.24, 2.45) is 4.99 Å². The number of amides is 1. The number of nitrogens with one attached hydrogen (secondary N) is 1. The molecular weight excluding hydrogens is 386 g/mol. The summed E-state index contributed by atoms with van der Waals surface area (Å²) in [7, 11) is 2.07. The van der Waals surface area contributed by atoms with Crippen LogP contribution >= 0.6 is 27.7 Å². The Morgan fingerprint density at radius 3 is 2.71 bits per heavy atom. The largest absolute Gasteiger partial charge is 0.350 e. The van der Waals surface area contributed by atoms with E-state index in [1.165, 1.54) is 32.1 Å². The van der Waals surface area contributed by atoms with Gasteiger partial charge in [-0.1, -0.05) is 47.0 Å². The number of aliphatic imine (C=N–C) groups is 1. The van der Waals surface area contributed by atoms with E-state index >= 15 is 0 Å². The topological polar surface area (TPSA) is 44.7 Å². The minimum Gasteiger partial charge on any atom is -0.350 e. The Labute approximate surface area is 156 Å². The molecule has 3 rings (SSSR count). The van der Waals surface area contributed by atoms with E-state index in [-0.39, 0.29) is 11.9 Å². The van der Waals surface area contributed by atoms with E-state index < -0.39 is 0 Å². The van der Waals surface area contributed by atoms with Crippen molar-refractivity contribution < 1.29 is 4.79 Å². The number of hydrogen-bond acceptors (Lipinski definition) is 3. The first-order valence-corrected chi connectivity index (χ1v) is 10.4. The fraction of sp³-hybridized carbons (Fsp3) is 0.556. The summed E-state index contributed by atoms with van der Waals surface area (Å²) >= 11 is 5.19. The molecule has 0 radical (unpaired) electrons. The number of anilines is 1. The molecule has 1 heterocycles. The van der Waals surface area contributed by atoms with Crippen LogP contribution in [0, 0.1) is 0 Å². The van der Waals surface area contributed by atoms with Crippen LogP contribution in [-0.4, -0.2) is 40.9 Å². The third-order valence-electron chi connectivity index (χ3n) is 4.67. The smallest absolute Gasteiger partial charge is 0.226 e. The highest BCUT2D eigenvalue weighted by molar-refractivity contribution is 9.10. The van der Waals surface area contributed by atoms with E-state index in [0.717, 1.165) is 21.1 Å². The van der Waals surface area contributed by atoms with Crippen molar-refractivity contribution in [3.63, 3.8) is 0 Å². The summed E-state index contributed by atoms with van der Waals surface area (Å²) in [5.74, 6) is 1.00. The quantitative estimate of drug-likeness (QED) is 0.794. The molecule has 130 valence electrons. The zero-order chi connectivity index (χ0) is 16.9.